The summed E-state index contributed by atoms with van der Waals surface area (Å²) in [7, 11) is 0. The summed E-state index contributed by atoms with van der Waals surface area (Å²) in [5.74, 6) is 6.03. The molecule has 0 aliphatic rings. The molecule has 7 nitrogen and oxygen atoms in total. The van der Waals surface area contributed by atoms with E-state index in [-0.39, 0.29) is 24.1 Å². The number of nitrogens with one attached hydrogen (secondary N) is 2. The fourth-order valence-corrected chi connectivity index (χ4v) is 1.77. The van der Waals surface area contributed by atoms with E-state index in [0.717, 1.165) is 5.56 Å². The minimum atomic E-state index is -0.0302. The van der Waals surface area contributed by atoms with Crippen molar-refractivity contribution in [3.63, 3.8) is 0 Å². The third-order valence-corrected chi connectivity index (χ3v) is 2.73. The van der Waals surface area contributed by atoms with E-state index < -0.39 is 0 Å². The molecule has 0 bridgehead atoms. The van der Waals surface area contributed by atoms with Gasteiger partial charge < -0.3 is 10.1 Å². The standard InChI is InChI=1S/C14H20N6O/c1-9(2)21-14-18-12(17-13(19-14)20-15)16-10(3)11-7-5-4-6-8-11/h4-10H,15H2,1-3H3,(H2,16,17,18,19,20). The molecule has 1 unspecified atom stereocenters. The number of rotatable bonds is 6. The fraction of sp³-hybridized carbons (Fsp3) is 0.357. The summed E-state index contributed by atoms with van der Waals surface area (Å²) in [4.78, 5) is 12.5. The van der Waals surface area contributed by atoms with Crippen molar-refractivity contribution in [2.24, 2.45) is 5.84 Å². The maximum Gasteiger partial charge on any atom is 0.323 e. The zero-order chi connectivity index (χ0) is 15.2. The van der Waals surface area contributed by atoms with Gasteiger partial charge in [-0.2, -0.15) is 15.0 Å². The summed E-state index contributed by atoms with van der Waals surface area (Å²) in [6, 6.07) is 10.3. The smallest absolute Gasteiger partial charge is 0.323 e. The maximum absolute atomic E-state index is 5.49. The van der Waals surface area contributed by atoms with Crippen LogP contribution in [0.5, 0.6) is 6.01 Å². The molecule has 4 N–H and O–H groups in total. The number of hydrazine groups is 1. The zero-order valence-corrected chi connectivity index (χ0v) is 12.4. The van der Waals surface area contributed by atoms with Crippen LogP contribution in [0.15, 0.2) is 30.3 Å². The predicted molar refractivity (Wildman–Crippen MR) is 81.9 cm³/mol. The fourth-order valence-electron chi connectivity index (χ4n) is 1.77. The van der Waals surface area contributed by atoms with Gasteiger partial charge in [-0.05, 0) is 26.3 Å². The van der Waals surface area contributed by atoms with Crippen molar-refractivity contribution in [2.75, 3.05) is 10.7 Å². The summed E-state index contributed by atoms with van der Waals surface area (Å²) in [5.41, 5.74) is 3.54. The Hall–Kier alpha value is -2.41. The number of aromatic nitrogens is 3. The van der Waals surface area contributed by atoms with Gasteiger partial charge in [-0.3, -0.25) is 5.43 Å². The quantitative estimate of drug-likeness (QED) is 0.553. The minimum Gasteiger partial charge on any atom is -0.461 e. The van der Waals surface area contributed by atoms with Crippen LogP contribution < -0.4 is 21.3 Å². The molecule has 0 aliphatic heterocycles. The van der Waals surface area contributed by atoms with Gasteiger partial charge in [0.05, 0.1) is 12.1 Å². The maximum atomic E-state index is 5.49. The van der Waals surface area contributed by atoms with Crippen LogP contribution in [0.3, 0.4) is 0 Å². The van der Waals surface area contributed by atoms with Crippen molar-refractivity contribution >= 4 is 11.9 Å². The third-order valence-electron chi connectivity index (χ3n) is 2.73. The second-order valence-corrected chi connectivity index (χ2v) is 4.85. The molecule has 2 rings (SSSR count). The molecule has 0 spiro atoms. The summed E-state index contributed by atoms with van der Waals surface area (Å²) in [6.45, 7) is 5.83. The Morgan fingerprint density at radius 2 is 1.67 bits per heavy atom. The molecule has 1 heterocycles. The van der Waals surface area contributed by atoms with Crippen molar-refractivity contribution < 1.29 is 4.74 Å². The summed E-state index contributed by atoms with van der Waals surface area (Å²) < 4.78 is 5.49. The highest BCUT2D eigenvalue weighted by Crippen LogP contribution is 2.18. The molecule has 7 heteroatoms. The molecule has 112 valence electrons. The Morgan fingerprint density at radius 1 is 1.00 bits per heavy atom. The van der Waals surface area contributed by atoms with Crippen LogP contribution in [0.4, 0.5) is 11.9 Å². The molecule has 21 heavy (non-hydrogen) atoms. The molecule has 2 aromatic rings. The summed E-state index contributed by atoms with van der Waals surface area (Å²) >= 11 is 0. The molecule has 0 saturated heterocycles. The highest BCUT2D eigenvalue weighted by molar-refractivity contribution is 5.37. The first-order chi connectivity index (χ1) is 10.1. The van der Waals surface area contributed by atoms with Crippen LogP contribution in [0.25, 0.3) is 0 Å². The number of nitrogens with two attached hydrogens (primary N) is 1. The average molecular weight is 288 g/mol. The molecule has 1 aromatic heterocycles. The van der Waals surface area contributed by atoms with Crippen molar-refractivity contribution in [2.45, 2.75) is 32.9 Å². The number of anilines is 2. The van der Waals surface area contributed by atoms with Crippen LogP contribution in [0.1, 0.15) is 32.4 Å². The number of ether oxygens (including phenoxy) is 1. The highest BCUT2D eigenvalue weighted by Gasteiger charge is 2.11. The molecule has 0 radical (unpaired) electrons. The lowest BCUT2D eigenvalue weighted by Gasteiger charge is -2.15. The van der Waals surface area contributed by atoms with Crippen molar-refractivity contribution in [1.82, 2.24) is 15.0 Å². The lowest BCUT2D eigenvalue weighted by molar-refractivity contribution is 0.222. The van der Waals surface area contributed by atoms with Gasteiger partial charge in [0.1, 0.15) is 0 Å². The van der Waals surface area contributed by atoms with Crippen molar-refractivity contribution in [3.8, 4) is 6.01 Å². The van der Waals surface area contributed by atoms with Gasteiger partial charge in [0.2, 0.25) is 11.9 Å². The first-order valence-electron chi connectivity index (χ1n) is 6.79. The monoisotopic (exact) mass is 288 g/mol. The molecular formula is C14H20N6O. The number of hydrogen-bond donors (Lipinski definition) is 3. The van der Waals surface area contributed by atoms with Crippen LogP contribution in [-0.2, 0) is 0 Å². The van der Waals surface area contributed by atoms with Gasteiger partial charge in [-0.1, -0.05) is 30.3 Å². The lowest BCUT2D eigenvalue weighted by Crippen LogP contribution is -2.17. The minimum absolute atomic E-state index is 0.0302. The highest BCUT2D eigenvalue weighted by atomic mass is 16.5. The Labute approximate surface area is 123 Å². The van der Waals surface area contributed by atoms with E-state index in [1.165, 1.54) is 0 Å². The van der Waals surface area contributed by atoms with E-state index in [0.29, 0.717) is 5.95 Å². The Kier molecular flexibility index (Phi) is 4.89. The van der Waals surface area contributed by atoms with E-state index in [4.69, 9.17) is 10.6 Å². The van der Waals surface area contributed by atoms with Crippen LogP contribution in [-0.4, -0.2) is 21.1 Å². The molecule has 0 fully saturated rings. The molecule has 0 saturated carbocycles. The van der Waals surface area contributed by atoms with Crippen molar-refractivity contribution in [1.29, 1.82) is 0 Å². The number of nitrogens with zero attached hydrogens (tertiary/aromatic N) is 3. The number of hydrogen-bond acceptors (Lipinski definition) is 7. The largest absolute Gasteiger partial charge is 0.461 e. The van der Waals surface area contributed by atoms with Crippen LogP contribution in [0, 0.1) is 0 Å². The van der Waals surface area contributed by atoms with E-state index >= 15 is 0 Å². The average Bonchev–Trinajstić information content (AvgIpc) is 2.47. The first kappa shape index (κ1) is 15.0. The van der Waals surface area contributed by atoms with Gasteiger partial charge in [0.15, 0.2) is 0 Å². The van der Waals surface area contributed by atoms with E-state index in [2.05, 4.69) is 25.7 Å². The van der Waals surface area contributed by atoms with Gasteiger partial charge in [0, 0.05) is 0 Å². The van der Waals surface area contributed by atoms with Gasteiger partial charge in [0.25, 0.3) is 0 Å². The second kappa shape index (κ2) is 6.85. The summed E-state index contributed by atoms with van der Waals surface area (Å²) in [5, 5.41) is 3.21. The van der Waals surface area contributed by atoms with E-state index in [9.17, 15) is 0 Å². The molecular weight excluding hydrogens is 268 g/mol. The van der Waals surface area contributed by atoms with E-state index in [1.807, 2.05) is 51.1 Å². The third kappa shape index (κ3) is 4.28. The van der Waals surface area contributed by atoms with Gasteiger partial charge in [-0.25, -0.2) is 5.84 Å². The van der Waals surface area contributed by atoms with Crippen LogP contribution >= 0.6 is 0 Å². The SMILES string of the molecule is CC(C)Oc1nc(NN)nc(NC(C)c2ccccc2)n1. The lowest BCUT2D eigenvalue weighted by atomic mass is 10.1. The molecule has 1 aromatic carbocycles. The van der Waals surface area contributed by atoms with E-state index in [1.54, 1.807) is 0 Å². The number of benzene rings is 1. The Bertz CT molecular complexity index is 575. The zero-order valence-electron chi connectivity index (χ0n) is 12.4. The molecule has 1 atom stereocenters. The second-order valence-electron chi connectivity index (χ2n) is 4.85. The molecule has 0 amide bonds. The van der Waals surface area contributed by atoms with Gasteiger partial charge >= 0.3 is 6.01 Å². The normalized spacial score (nSPS) is 12.0. The topological polar surface area (TPSA) is 98.0 Å². The first-order valence-corrected chi connectivity index (χ1v) is 6.79. The predicted octanol–water partition coefficient (Wildman–Crippen LogP) is 2.12. The van der Waals surface area contributed by atoms with Gasteiger partial charge in [-0.15, -0.1) is 0 Å². The Morgan fingerprint density at radius 3 is 2.29 bits per heavy atom. The van der Waals surface area contributed by atoms with Crippen molar-refractivity contribution in [3.05, 3.63) is 35.9 Å². The Balaban J connectivity index is 2.18. The molecule has 0 aliphatic carbocycles. The number of nitrogen functional groups attached to an aromatic ring is 1. The van der Waals surface area contributed by atoms with Crippen LogP contribution in [0.2, 0.25) is 0 Å². The summed E-state index contributed by atoms with van der Waals surface area (Å²) in [6.07, 6.45) is -0.0302.